The van der Waals surface area contributed by atoms with Crippen molar-refractivity contribution in [2.24, 2.45) is 0 Å². The SMILES string of the molecule is CCc1cnccc1C(O)Cc1ccsc1. The summed E-state index contributed by atoms with van der Waals surface area (Å²) in [6.07, 6.45) is 4.74. The van der Waals surface area contributed by atoms with Crippen LogP contribution in [0.3, 0.4) is 0 Å². The Morgan fingerprint density at radius 1 is 1.44 bits per heavy atom. The molecule has 84 valence electrons. The first-order valence-corrected chi connectivity index (χ1v) is 6.37. The van der Waals surface area contributed by atoms with Gasteiger partial charge in [-0.1, -0.05) is 6.92 Å². The van der Waals surface area contributed by atoms with Crippen LogP contribution in [-0.4, -0.2) is 10.1 Å². The summed E-state index contributed by atoms with van der Waals surface area (Å²) in [6.45, 7) is 2.08. The molecule has 0 aliphatic rings. The molecule has 0 aliphatic heterocycles. The second kappa shape index (κ2) is 5.23. The maximum absolute atomic E-state index is 10.2. The lowest BCUT2D eigenvalue weighted by atomic mass is 9.99. The Hall–Kier alpha value is -1.19. The summed E-state index contributed by atoms with van der Waals surface area (Å²) < 4.78 is 0. The first-order chi connectivity index (χ1) is 7.81. The fourth-order valence-corrected chi connectivity index (χ4v) is 2.48. The van der Waals surface area contributed by atoms with Gasteiger partial charge in [-0.05, 0) is 46.0 Å². The zero-order valence-corrected chi connectivity index (χ0v) is 10.1. The highest BCUT2D eigenvalue weighted by Crippen LogP contribution is 2.22. The second-order valence-corrected chi connectivity index (χ2v) is 4.56. The van der Waals surface area contributed by atoms with Gasteiger partial charge in [0.2, 0.25) is 0 Å². The van der Waals surface area contributed by atoms with Crippen molar-refractivity contribution in [1.82, 2.24) is 4.98 Å². The van der Waals surface area contributed by atoms with Crippen molar-refractivity contribution in [3.05, 3.63) is 52.0 Å². The van der Waals surface area contributed by atoms with Gasteiger partial charge < -0.3 is 5.11 Å². The molecule has 3 heteroatoms. The molecule has 0 aliphatic carbocycles. The first-order valence-electron chi connectivity index (χ1n) is 5.43. The lowest BCUT2D eigenvalue weighted by Crippen LogP contribution is -2.05. The van der Waals surface area contributed by atoms with Crippen LogP contribution in [0.2, 0.25) is 0 Å². The smallest absolute Gasteiger partial charge is 0.0834 e. The van der Waals surface area contributed by atoms with E-state index in [0.29, 0.717) is 6.42 Å². The van der Waals surface area contributed by atoms with Gasteiger partial charge in [-0.2, -0.15) is 11.3 Å². The topological polar surface area (TPSA) is 33.1 Å². The Morgan fingerprint density at radius 3 is 3.00 bits per heavy atom. The van der Waals surface area contributed by atoms with Gasteiger partial charge in [0, 0.05) is 18.8 Å². The average molecular weight is 233 g/mol. The Kier molecular flexibility index (Phi) is 3.70. The summed E-state index contributed by atoms with van der Waals surface area (Å²) >= 11 is 1.66. The highest BCUT2D eigenvalue weighted by atomic mass is 32.1. The minimum Gasteiger partial charge on any atom is -0.388 e. The fraction of sp³-hybridized carbons (Fsp3) is 0.308. The molecule has 1 unspecified atom stereocenters. The van der Waals surface area contributed by atoms with E-state index in [9.17, 15) is 5.11 Å². The standard InChI is InChI=1S/C13H15NOS/c1-2-11-8-14-5-3-12(11)13(15)7-10-4-6-16-9-10/h3-6,8-9,13,15H,2,7H2,1H3. The number of aromatic nitrogens is 1. The van der Waals surface area contributed by atoms with Crippen molar-refractivity contribution in [3.63, 3.8) is 0 Å². The largest absolute Gasteiger partial charge is 0.388 e. The Morgan fingerprint density at radius 2 is 2.31 bits per heavy atom. The molecular weight excluding hydrogens is 218 g/mol. The number of aryl methyl sites for hydroxylation is 1. The van der Waals surface area contributed by atoms with Crippen LogP contribution in [0.15, 0.2) is 35.3 Å². The van der Waals surface area contributed by atoms with Crippen LogP contribution in [-0.2, 0) is 12.8 Å². The Labute approximate surface area is 99.6 Å². The van der Waals surface area contributed by atoms with Gasteiger partial charge in [-0.25, -0.2) is 0 Å². The predicted molar refractivity (Wildman–Crippen MR) is 66.6 cm³/mol. The molecule has 2 nitrogen and oxygen atoms in total. The van der Waals surface area contributed by atoms with Gasteiger partial charge in [0.1, 0.15) is 0 Å². The maximum Gasteiger partial charge on any atom is 0.0834 e. The molecule has 0 spiro atoms. The number of hydrogen-bond acceptors (Lipinski definition) is 3. The van der Waals surface area contributed by atoms with Gasteiger partial charge in [-0.15, -0.1) is 0 Å². The van der Waals surface area contributed by atoms with Crippen molar-refractivity contribution in [2.45, 2.75) is 25.9 Å². The molecule has 0 aromatic carbocycles. The molecule has 16 heavy (non-hydrogen) atoms. The number of pyridine rings is 1. The lowest BCUT2D eigenvalue weighted by molar-refractivity contribution is 0.177. The quantitative estimate of drug-likeness (QED) is 0.880. The summed E-state index contributed by atoms with van der Waals surface area (Å²) in [6, 6.07) is 3.97. The summed E-state index contributed by atoms with van der Waals surface area (Å²) in [5.41, 5.74) is 3.32. The highest BCUT2D eigenvalue weighted by Gasteiger charge is 2.12. The van der Waals surface area contributed by atoms with E-state index in [-0.39, 0.29) is 0 Å². The van der Waals surface area contributed by atoms with E-state index in [0.717, 1.165) is 17.5 Å². The molecule has 1 N–H and O–H groups in total. The molecule has 2 aromatic heterocycles. The second-order valence-electron chi connectivity index (χ2n) is 3.78. The Bertz CT molecular complexity index is 439. The lowest BCUT2D eigenvalue weighted by Gasteiger charge is -2.13. The number of aliphatic hydroxyl groups is 1. The molecule has 0 saturated carbocycles. The Balaban J connectivity index is 2.17. The van der Waals surface area contributed by atoms with Gasteiger partial charge in [-0.3, -0.25) is 4.98 Å². The van der Waals surface area contributed by atoms with Gasteiger partial charge >= 0.3 is 0 Å². The van der Waals surface area contributed by atoms with Crippen LogP contribution in [0.1, 0.15) is 29.7 Å². The van der Waals surface area contributed by atoms with Crippen LogP contribution >= 0.6 is 11.3 Å². The third kappa shape index (κ3) is 2.49. The van der Waals surface area contributed by atoms with Gasteiger partial charge in [0.15, 0.2) is 0 Å². The summed E-state index contributed by atoms with van der Waals surface area (Å²) in [5, 5.41) is 14.3. The zero-order valence-electron chi connectivity index (χ0n) is 9.26. The zero-order chi connectivity index (χ0) is 11.4. The molecule has 2 heterocycles. The van der Waals surface area contributed by atoms with Crippen LogP contribution in [0, 0.1) is 0 Å². The average Bonchev–Trinajstić information content (AvgIpc) is 2.81. The minimum atomic E-state index is -0.424. The summed E-state index contributed by atoms with van der Waals surface area (Å²) in [5.74, 6) is 0. The van der Waals surface area contributed by atoms with Crippen molar-refractivity contribution in [2.75, 3.05) is 0 Å². The van der Waals surface area contributed by atoms with Gasteiger partial charge in [0.05, 0.1) is 6.10 Å². The minimum absolute atomic E-state index is 0.424. The third-order valence-corrected chi connectivity index (χ3v) is 3.42. The number of hydrogen-bond donors (Lipinski definition) is 1. The van der Waals surface area contributed by atoms with Crippen LogP contribution in [0.5, 0.6) is 0 Å². The van der Waals surface area contributed by atoms with E-state index >= 15 is 0 Å². The normalized spacial score (nSPS) is 12.6. The van der Waals surface area contributed by atoms with Gasteiger partial charge in [0.25, 0.3) is 0 Å². The van der Waals surface area contributed by atoms with Crippen molar-refractivity contribution in [3.8, 4) is 0 Å². The van der Waals surface area contributed by atoms with Crippen LogP contribution in [0.25, 0.3) is 0 Å². The van der Waals surface area contributed by atoms with Crippen molar-refractivity contribution in [1.29, 1.82) is 0 Å². The number of rotatable bonds is 4. The molecule has 1 atom stereocenters. The molecule has 0 bridgehead atoms. The number of nitrogens with zero attached hydrogens (tertiary/aromatic N) is 1. The van der Waals surface area contributed by atoms with Crippen LogP contribution < -0.4 is 0 Å². The van der Waals surface area contributed by atoms with E-state index in [1.807, 2.05) is 17.6 Å². The van der Waals surface area contributed by atoms with E-state index in [4.69, 9.17) is 0 Å². The predicted octanol–water partition coefficient (Wildman–Crippen LogP) is 2.98. The van der Waals surface area contributed by atoms with Crippen molar-refractivity contribution < 1.29 is 5.11 Å². The van der Waals surface area contributed by atoms with E-state index in [1.165, 1.54) is 5.56 Å². The number of aliphatic hydroxyl groups excluding tert-OH is 1. The molecule has 0 radical (unpaired) electrons. The fourth-order valence-electron chi connectivity index (χ4n) is 1.80. The molecule has 2 aromatic rings. The molecule has 2 rings (SSSR count). The molecular formula is C13H15NOS. The molecule has 0 fully saturated rings. The summed E-state index contributed by atoms with van der Waals surface area (Å²) in [7, 11) is 0. The molecule has 0 amide bonds. The van der Waals surface area contributed by atoms with Crippen molar-refractivity contribution >= 4 is 11.3 Å². The third-order valence-electron chi connectivity index (χ3n) is 2.69. The monoisotopic (exact) mass is 233 g/mol. The highest BCUT2D eigenvalue weighted by molar-refractivity contribution is 7.07. The number of thiophene rings is 1. The van der Waals surface area contributed by atoms with Crippen LogP contribution in [0.4, 0.5) is 0 Å². The van der Waals surface area contributed by atoms with E-state index in [2.05, 4.69) is 23.4 Å². The summed E-state index contributed by atoms with van der Waals surface area (Å²) in [4.78, 5) is 4.09. The van der Waals surface area contributed by atoms with E-state index in [1.54, 1.807) is 17.5 Å². The molecule has 0 saturated heterocycles. The van der Waals surface area contributed by atoms with E-state index < -0.39 is 6.10 Å². The first kappa shape index (κ1) is 11.3. The maximum atomic E-state index is 10.2.